The molecule has 112 valence electrons. The predicted molar refractivity (Wildman–Crippen MR) is 97.4 cm³/mol. The van der Waals surface area contributed by atoms with Crippen LogP contribution in [0.1, 0.15) is 19.4 Å². The van der Waals surface area contributed by atoms with E-state index in [-0.39, 0.29) is 0 Å². The van der Waals surface area contributed by atoms with Crippen LogP contribution in [0.4, 0.5) is 0 Å². The van der Waals surface area contributed by atoms with Gasteiger partial charge < -0.3 is 10.0 Å². The number of benzene rings is 2. The van der Waals surface area contributed by atoms with Crippen molar-refractivity contribution in [2.24, 2.45) is 0 Å². The molecule has 2 nitrogen and oxygen atoms in total. The molecule has 0 radical (unpaired) electrons. The minimum atomic E-state index is 0.296. The number of rotatable bonds is 4. The molecule has 5 heteroatoms. The van der Waals surface area contributed by atoms with Gasteiger partial charge in [0.25, 0.3) is 0 Å². The Morgan fingerprint density at radius 3 is 2.48 bits per heavy atom. The van der Waals surface area contributed by atoms with Gasteiger partial charge >= 0.3 is 0 Å². The van der Waals surface area contributed by atoms with Crippen molar-refractivity contribution in [3.05, 3.63) is 40.9 Å². The lowest BCUT2D eigenvalue weighted by Gasteiger charge is -2.21. The lowest BCUT2D eigenvalue weighted by atomic mass is 10.1. The van der Waals surface area contributed by atoms with E-state index in [0.29, 0.717) is 16.5 Å². The van der Waals surface area contributed by atoms with Gasteiger partial charge in [-0.1, -0.05) is 59.8 Å². The number of phenolic OH excluding ortho intramolecular Hbond substituents is 1. The maximum absolute atomic E-state index is 10.4. The molecule has 1 N–H and O–H groups in total. The standard InChI is InChI=1S/C16H18ClNOS2/c1-3-18(4-2)16(20)21-10-11-9-14(17)12-7-5-6-8-13(12)15(11)19/h5-9,19H,3-4,10H2,1-2H3. The number of hydrogen-bond donors (Lipinski definition) is 1. The highest BCUT2D eigenvalue weighted by molar-refractivity contribution is 8.22. The monoisotopic (exact) mass is 339 g/mol. The molecule has 0 bridgehead atoms. The Bertz CT molecular complexity index is 656. The maximum Gasteiger partial charge on any atom is 0.136 e. The summed E-state index contributed by atoms with van der Waals surface area (Å²) in [4.78, 5) is 2.12. The van der Waals surface area contributed by atoms with E-state index in [9.17, 15) is 5.11 Å². The lowest BCUT2D eigenvalue weighted by molar-refractivity contribution is 0.477. The van der Waals surface area contributed by atoms with Crippen LogP contribution >= 0.6 is 35.6 Å². The summed E-state index contributed by atoms with van der Waals surface area (Å²) in [5.41, 5.74) is 0.818. The first-order chi connectivity index (χ1) is 10.1. The third kappa shape index (κ3) is 3.62. The first-order valence-corrected chi connectivity index (χ1v) is 8.66. The van der Waals surface area contributed by atoms with Gasteiger partial charge in [-0.2, -0.15) is 0 Å². The van der Waals surface area contributed by atoms with E-state index in [1.54, 1.807) is 11.8 Å². The van der Waals surface area contributed by atoms with Gasteiger partial charge in [-0.25, -0.2) is 0 Å². The zero-order valence-corrected chi connectivity index (χ0v) is 14.5. The van der Waals surface area contributed by atoms with E-state index in [4.69, 9.17) is 23.8 Å². The van der Waals surface area contributed by atoms with Crippen LogP contribution in [0.25, 0.3) is 10.8 Å². The van der Waals surface area contributed by atoms with Gasteiger partial charge in [0.15, 0.2) is 0 Å². The normalized spacial score (nSPS) is 10.8. The molecule has 0 aromatic heterocycles. The fraction of sp³-hybridized carbons (Fsp3) is 0.312. The number of thioether (sulfide) groups is 1. The van der Waals surface area contributed by atoms with Crippen LogP contribution in [0.2, 0.25) is 5.02 Å². The molecular formula is C16H18ClNOS2. The van der Waals surface area contributed by atoms with E-state index in [0.717, 1.165) is 33.7 Å². The van der Waals surface area contributed by atoms with Crippen molar-refractivity contribution < 1.29 is 5.11 Å². The van der Waals surface area contributed by atoms with E-state index in [2.05, 4.69) is 18.7 Å². The van der Waals surface area contributed by atoms with Crippen LogP contribution in [0.5, 0.6) is 5.75 Å². The minimum absolute atomic E-state index is 0.296. The van der Waals surface area contributed by atoms with Crippen LogP contribution in [0.15, 0.2) is 30.3 Å². The predicted octanol–water partition coefficient (Wildman–Crippen LogP) is 5.06. The third-order valence-electron chi connectivity index (χ3n) is 3.42. The van der Waals surface area contributed by atoms with Crippen LogP contribution < -0.4 is 0 Å². The molecule has 0 aliphatic carbocycles. The van der Waals surface area contributed by atoms with Gasteiger partial charge in [0.2, 0.25) is 0 Å². The van der Waals surface area contributed by atoms with E-state index >= 15 is 0 Å². The molecule has 2 aromatic rings. The van der Waals surface area contributed by atoms with Crippen LogP contribution in [0, 0.1) is 0 Å². The van der Waals surface area contributed by atoms with Crippen molar-refractivity contribution in [1.29, 1.82) is 0 Å². The highest BCUT2D eigenvalue weighted by Crippen LogP contribution is 2.36. The second-order valence-electron chi connectivity index (χ2n) is 4.64. The largest absolute Gasteiger partial charge is 0.507 e. The number of aromatic hydroxyl groups is 1. The van der Waals surface area contributed by atoms with Gasteiger partial charge in [-0.15, -0.1) is 0 Å². The van der Waals surface area contributed by atoms with E-state index in [1.165, 1.54) is 0 Å². The molecule has 0 atom stereocenters. The second-order valence-corrected chi connectivity index (χ2v) is 6.65. The Hall–Kier alpha value is -0.970. The zero-order chi connectivity index (χ0) is 15.4. The number of hydrogen-bond acceptors (Lipinski definition) is 3. The average molecular weight is 340 g/mol. The van der Waals surface area contributed by atoms with Crippen molar-refractivity contribution in [3.8, 4) is 5.75 Å². The molecule has 0 spiro atoms. The number of halogens is 1. The van der Waals surface area contributed by atoms with Crippen molar-refractivity contribution in [1.82, 2.24) is 4.90 Å². The summed E-state index contributed by atoms with van der Waals surface area (Å²) < 4.78 is 0.851. The minimum Gasteiger partial charge on any atom is -0.507 e. The topological polar surface area (TPSA) is 23.5 Å². The Morgan fingerprint density at radius 1 is 1.24 bits per heavy atom. The summed E-state index contributed by atoms with van der Waals surface area (Å²) in [5, 5.41) is 12.7. The SMILES string of the molecule is CCN(CC)C(=S)SCc1cc(Cl)c2ccccc2c1O. The van der Waals surface area contributed by atoms with Gasteiger partial charge in [0.05, 0.1) is 0 Å². The fourth-order valence-electron chi connectivity index (χ4n) is 2.19. The molecule has 0 fully saturated rings. The molecule has 0 aliphatic rings. The van der Waals surface area contributed by atoms with Gasteiger partial charge in [0, 0.05) is 40.2 Å². The maximum atomic E-state index is 10.4. The number of thiocarbonyl (C=S) groups is 1. The molecule has 0 unspecified atom stereocenters. The van der Waals surface area contributed by atoms with Gasteiger partial charge in [-0.3, -0.25) is 0 Å². The van der Waals surface area contributed by atoms with Crippen molar-refractivity contribution in [3.63, 3.8) is 0 Å². The van der Waals surface area contributed by atoms with Crippen LogP contribution in [-0.4, -0.2) is 27.4 Å². The third-order valence-corrected chi connectivity index (χ3v) is 5.30. The van der Waals surface area contributed by atoms with Crippen LogP contribution in [0.3, 0.4) is 0 Å². The molecule has 21 heavy (non-hydrogen) atoms. The summed E-state index contributed by atoms with van der Waals surface area (Å²) in [6.07, 6.45) is 0. The number of nitrogens with zero attached hydrogens (tertiary/aromatic N) is 1. The molecule has 0 heterocycles. The van der Waals surface area contributed by atoms with Gasteiger partial charge in [-0.05, 0) is 19.9 Å². The van der Waals surface area contributed by atoms with Crippen molar-refractivity contribution in [2.45, 2.75) is 19.6 Å². The molecule has 0 saturated carbocycles. The summed E-state index contributed by atoms with van der Waals surface area (Å²) in [7, 11) is 0. The first kappa shape index (κ1) is 16.4. The summed E-state index contributed by atoms with van der Waals surface area (Å²) in [6, 6.07) is 9.44. The molecule has 0 amide bonds. The summed E-state index contributed by atoms with van der Waals surface area (Å²) in [5.74, 6) is 0.913. The summed E-state index contributed by atoms with van der Waals surface area (Å²) >= 11 is 13.3. The fourth-order valence-corrected chi connectivity index (χ4v) is 3.86. The first-order valence-electron chi connectivity index (χ1n) is 6.89. The quantitative estimate of drug-likeness (QED) is 0.786. The summed E-state index contributed by atoms with van der Waals surface area (Å²) in [6.45, 7) is 5.96. The molecule has 2 rings (SSSR count). The van der Waals surface area contributed by atoms with Crippen LogP contribution in [-0.2, 0) is 5.75 Å². The van der Waals surface area contributed by atoms with Gasteiger partial charge in [0.1, 0.15) is 10.1 Å². The van der Waals surface area contributed by atoms with Crippen molar-refractivity contribution in [2.75, 3.05) is 13.1 Å². The lowest BCUT2D eigenvalue weighted by Crippen LogP contribution is -2.26. The highest BCUT2D eigenvalue weighted by atomic mass is 35.5. The molecule has 2 aromatic carbocycles. The molecular weight excluding hydrogens is 322 g/mol. The molecule has 0 aliphatic heterocycles. The Morgan fingerprint density at radius 2 is 1.86 bits per heavy atom. The Kier molecular flexibility index (Phi) is 5.73. The Balaban J connectivity index is 2.23. The second kappa shape index (κ2) is 7.34. The number of fused-ring (bicyclic) bond motifs is 1. The zero-order valence-electron chi connectivity index (χ0n) is 12.1. The van der Waals surface area contributed by atoms with Crippen molar-refractivity contribution >= 4 is 50.7 Å². The van der Waals surface area contributed by atoms with E-state index in [1.807, 2.05) is 30.3 Å². The average Bonchev–Trinajstić information content (AvgIpc) is 2.50. The van der Waals surface area contributed by atoms with E-state index < -0.39 is 0 Å². The number of phenols is 1. The Labute approximate surface area is 140 Å². The molecule has 0 saturated heterocycles. The smallest absolute Gasteiger partial charge is 0.136 e. The highest BCUT2D eigenvalue weighted by Gasteiger charge is 2.12.